The summed E-state index contributed by atoms with van der Waals surface area (Å²) in [6.45, 7) is 19.6. The van der Waals surface area contributed by atoms with Crippen molar-refractivity contribution in [3.05, 3.63) is 171 Å². The Kier molecular flexibility index (Phi) is 29.5. The highest BCUT2D eigenvalue weighted by Gasteiger charge is 2.53. The predicted octanol–water partition coefficient (Wildman–Crippen LogP) is 17.9. The molecule has 3 atom stereocenters. The maximum atomic E-state index is 14.3. The van der Waals surface area contributed by atoms with E-state index < -0.39 is 36.4 Å². The Balaban J connectivity index is 0.000000140. The first-order chi connectivity index (χ1) is 58.4. The Hall–Kier alpha value is -8.67. The van der Waals surface area contributed by atoms with E-state index in [0.29, 0.717) is 62.1 Å². The van der Waals surface area contributed by atoms with E-state index in [-0.39, 0.29) is 89.7 Å². The Labute approximate surface area is 739 Å². The fourth-order valence-corrected chi connectivity index (χ4v) is 18.8. The lowest BCUT2D eigenvalue weighted by molar-refractivity contribution is -0.124. The number of hydrogen-bond acceptors (Lipinski definition) is 19. The zero-order valence-electron chi connectivity index (χ0n) is 72.0. The van der Waals surface area contributed by atoms with Crippen LogP contribution in [0.2, 0.25) is 0 Å². The number of imidazole rings is 3. The van der Waals surface area contributed by atoms with Gasteiger partial charge in [0.1, 0.15) is 34.8 Å². The molecule has 4 N–H and O–H groups in total. The molecule has 4 aliphatic heterocycles. The van der Waals surface area contributed by atoms with E-state index in [4.69, 9.17) is 62.1 Å². The highest BCUT2D eigenvalue weighted by atomic mass is 127. The van der Waals surface area contributed by atoms with Gasteiger partial charge in [0.15, 0.2) is 23.3 Å². The highest BCUT2D eigenvalue weighted by molar-refractivity contribution is 14.0. The number of carbonyl (C=O) groups excluding carboxylic acids is 3. The number of benzene rings is 5. The lowest BCUT2D eigenvalue weighted by atomic mass is 9.77. The summed E-state index contributed by atoms with van der Waals surface area (Å²) < 4.78 is 105. The zero-order valence-corrected chi connectivity index (χ0v) is 75.9. The molecule has 4 saturated heterocycles. The second-order valence-electron chi connectivity index (χ2n) is 34.1. The van der Waals surface area contributed by atoms with Crippen molar-refractivity contribution < 1.29 is 79.1 Å². The third kappa shape index (κ3) is 20.1. The fourth-order valence-electron chi connectivity index (χ4n) is 18.5. The quantitative estimate of drug-likeness (QED) is 0.0447. The number of aromatic nitrogens is 9. The van der Waals surface area contributed by atoms with Crippen molar-refractivity contribution in [2.75, 3.05) is 26.2 Å². The minimum absolute atomic E-state index is 0. The molecule has 0 spiro atoms. The maximum Gasteiger partial charge on any atom is 0.500 e. The molecule has 10 heterocycles. The number of rotatable bonds is 14. The van der Waals surface area contributed by atoms with E-state index in [9.17, 15) is 31.9 Å². The molecule has 5 aromatic carbocycles. The number of carbonyl (C=O) groups is 3. The molecule has 656 valence electrons. The molecule has 123 heavy (non-hydrogen) atoms. The molecule has 6 aromatic heterocycles. The van der Waals surface area contributed by atoms with Gasteiger partial charge in [-0.3, -0.25) is 14.4 Å². The first-order valence-corrected chi connectivity index (χ1v) is 43.3. The van der Waals surface area contributed by atoms with Gasteiger partial charge in [-0.2, -0.15) is 0 Å². The SMILES string of the molecule is COC1CCC(n2c([C@@H]3CCCC(=O)N3)nc3cc(-c4c(C)noc4C)ccc32)CC1.COC1CCC(n2c([C@@H]3CCCC(=O)N3)nc3cc(Br)ccc32)CC1.COC1CCC(n2c([C@@H]3CCCC(=O)N3c3ccc(F)c(F)c3)nc3cc(-c4c(C)noc4C)ccc32)CC1.Cc1noc(C)c1B1OC(C)(C)C(C)(C)O1.I.OB(O)c1ccc(F)c(F)c1. The van der Waals surface area contributed by atoms with Gasteiger partial charge in [-0.05, 0) is 268 Å². The summed E-state index contributed by atoms with van der Waals surface area (Å²) in [6.07, 6.45) is 19.9. The standard InChI is InChI=1S/C30H32F2N4O3.C24H30N4O3.C19H24BrN3O2.C11H18BNO3.C6H5BF2O2.HI/c1-17-29(18(2)39-34-17)19-7-14-26-25(15-19)33-30(36(26)20-8-11-22(38-3)12-9-20)27-5-4-6-28(37)35(27)21-10-13-23(31)24(32)16-21;1-14-23(15(2)31-27-14)16-7-12-21-20(13-16)26-24(19-5-4-6-22(29)25-19)28(21)17-8-10-18(30-3)11-9-17;1-25-14-8-6-13(7-9-14)23-17-10-5-12(20)11-16(17)22-19(23)15-3-2-4-18(24)21-15;1-7-9(8(2)14-13-7)12-15-10(3,4)11(5,6)16-12;8-5-2-1-4(7(10)11)3-6(5)9;/h7,10,13-16,20,22,27H,4-6,8-9,11-12H2,1-3H3;7,12-13,17-19H,4-6,8-11H2,1-3H3,(H,25,29);5,10-11,13-15H,2-4,6-9H2,1H3,(H,21,24);1-6H3;1-3,10-11H;1H/t20?,22?,27-;17?,18?,19-;13?,14?,15-;;;/m000.../s1. The van der Waals surface area contributed by atoms with Crippen LogP contribution in [0.1, 0.15) is 251 Å². The predicted molar refractivity (Wildman–Crippen MR) is 475 cm³/mol. The number of ether oxygens (including phenoxy) is 3. The summed E-state index contributed by atoms with van der Waals surface area (Å²) >= 11 is 3.55. The van der Waals surface area contributed by atoms with Crippen LogP contribution in [0.3, 0.4) is 0 Å². The van der Waals surface area contributed by atoms with E-state index in [1.165, 1.54) is 11.6 Å². The van der Waals surface area contributed by atoms with Crippen molar-refractivity contribution >= 4 is 122 Å². The molecule has 0 unspecified atom stereocenters. The summed E-state index contributed by atoms with van der Waals surface area (Å²) in [5.41, 5.74) is 13.1. The van der Waals surface area contributed by atoms with Gasteiger partial charge in [0.2, 0.25) is 17.7 Å². The second-order valence-corrected chi connectivity index (χ2v) is 35.0. The number of nitrogens with zero attached hydrogens (tertiary/aromatic N) is 10. The summed E-state index contributed by atoms with van der Waals surface area (Å²) in [5, 5.41) is 35.5. The largest absolute Gasteiger partial charge is 0.500 e. The number of amides is 3. The average Bonchev–Trinajstić information content (AvgIpc) is 1.61. The molecule has 0 radical (unpaired) electrons. The van der Waals surface area contributed by atoms with E-state index in [1.54, 1.807) is 26.2 Å². The summed E-state index contributed by atoms with van der Waals surface area (Å²) in [5.74, 6) is 1.24. The third-order valence-electron chi connectivity index (χ3n) is 25.6. The number of halogens is 6. The lowest BCUT2D eigenvalue weighted by Crippen LogP contribution is -2.41. The molecule has 33 heteroatoms. The molecular weight excluding hydrogens is 1760 g/mol. The molecule has 25 nitrogen and oxygen atoms in total. The van der Waals surface area contributed by atoms with Gasteiger partial charge in [0.05, 0.1) is 97.8 Å². The third-order valence-corrected chi connectivity index (χ3v) is 26.1. The van der Waals surface area contributed by atoms with Gasteiger partial charge >= 0.3 is 14.2 Å². The lowest BCUT2D eigenvalue weighted by Gasteiger charge is -2.37. The van der Waals surface area contributed by atoms with Crippen molar-refractivity contribution in [3.8, 4) is 22.3 Å². The molecule has 3 amide bonds. The van der Waals surface area contributed by atoms with Gasteiger partial charge < -0.3 is 76.4 Å². The summed E-state index contributed by atoms with van der Waals surface area (Å²) in [6, 6.07) is 25.8. The van der Waals surface area contributed by atoms with Gasteiger partial charge in [-0.15, -0.1) is 24.0 Å². The minimum Gasteiger partial charge on any atom is -0.423 e. The molecule has 3 saturated carbocycles. The van der Waals surface area contributed by atoms with Crippen LogP contribution < -0.4 is 26.5 Å². The van der Waals surface area contributed by atoms with Crippen LogP contribution in [0.4, 0.5) is 23.2 Å². The van der Waals surface area contributed by atoms with Crippen LogP contribution in [0.25, 0.3) is 55.4 Å². The topological polar surface area (TPSA) is 297 Å². The van der Waals surface area contributed by atoms with Crippen LogP contribution in [0, 0.1) is 64.8 Å². The Bertz CT molecular complexity index is 5500. The summed E-state index contributed by atoms with van der Waals surface area (Å²) in [4.78, 5) is 54.1. The normalized spacial score (nSPS) is 22.6. The molecular formula is C90H110B2BrF4IN12O13. The van der Waals surface area contributed by atoms with Crippen molar-refractivity contribution in [2.45, 2.75) is 270 Å². The van der Waals surface area contributed by atoms with Crippen LogP contribution >= 0.6 is 39.9 Å². The van der Waals surface area contributed by atoms with Crippen molar-refractivity contribution in [1.29, 1.82) is 0 Å². The molecule has 7 fully saturated rings. The van der Waals surface area contributed by atoms with Crippen LogP contribution in [-0.2, 0) is 37.9 Å². The Morgan fingerprint density at radius 2 is 0.886 bits per heavy atom. The van der Waals surface area contributed by atoms with Crippen molar-refractivity contribution in [2.24, 2.45) is 0 Å². The molecule has 11 aromatic rings. The van der Waals surface area contributed by atoms with Gasteiger partial charge in [-0.25, -0.2) is 32.5 Å². The van der Waals surface area contributed by atoms with E-state index in [0.717, 1.165) is 245 Å². The van der Waals surface area contributed by atoms with E-state index >= 15 is 0 Å². The highest BCUT2D eigenvalue weighted by Crippen LogP contribution is 2.46. The fraction of sp³-hybridized carbons (Fsp3) is 0.500. The van der Waals surface area contributed by atoms with E-state index in [2.05, 4.69) is 110 Å². The van der Waals surface area contributed by atoms with Crippen molar-refractivity contribution in [1.82, 2.24) is 54.8 Å². The first-order valence-electron chi connectivity index (χ1n) is 42.5. The monoisotopic (exact) mass is 1870 g/mol. The molecule has 18 rings (SSSR count). The molecule has 0 bridgehead atoms. The Morgan fingerprint density at radius 1 is 0.480 bits per heavy atom. The number of hydrogen-bond donors (Lipinski definition) is 4. The van der Waals surface area contributed by atoms with Crippen molar-refractivity contribution in [3.63, 3.8) is 0 Å². The molecule has 7 aliphatic rings. The number of aryl methyl sites for hydroxylation is 6. The maximum absolute atomic E-state index is 14.3. The number of piperidine rings is 3. The zero-order chi connectivity index (χ0) is 86.8. The van der Waals surface area contributed by atoms with Crippen LogP contribution in [0.15, 0.2) is 109 Å². The average molecular weight is 1870 g/mol. The minimum atomic E-state index is -1.76. The first kappa shape index (κ1) is 92.0. The smallest absolute Gasteiger partial charge is 0.423 e. The van der Waals surface area contributed by atoms with E-state index in [1.807, 2.05) is 69.2 Å². The Morgan fingerprint density at radius 3 is 1.29 bits per heavy atom. The molecule has 3 aliphatic carbocycles. The summed E-state index contributed by atoms with van der Waals surface area (Å²) in [7, 11) is 3.23. The second kappa shape index (κ2) is 39.5. The number of fused-ring (bicyclic) bond motifs is 3. The number of nitrogens with one attached hydrogen (secondary N) is 2. The number of methoxy groups -OCH3 is 3. The van der Waals surface area contributed by atoms with Crippen LogP contribution in [0.5, 0.6) is 0 Å². The van der Waals surface area contributed by atoms with Gasteiger partial charge in [0.25, 0.3) is 0 Å². The van der Waals surface area contributed by atoms with Gasteiger partial charge in [-0.1, -0.05) is 49.6 Å². The van der Waals surface area contributed by atoms with Crippen LogP contribution in [-0.4, -0.2) is 137 Å². The van der Waals surface area contributed by atoms with Gasteiger partial charge in [0, 0.05) is 91.5 Å². The number of anilines is 1.